The number of likely N-dealkylation sites (tertiary alicyclic amines) is 2. The van der Waals surface area contributed by atoms with Crippen LogP contribution in [-0.2, 0) is 4.79 Å². The Hall–Kier alpha value is -6.56. The highest BCUT2D eigenvalue weighted by atomic mass is 35.5. The molecule has 6 N–H and O–H groups in total. The minimum atomic E-state index is -1.68. The monoisotopic (exact) mass is 906 g/mol. The molecule has 3 aliphatic heterocycles. The first-order valence-electron chi connectivity index (χ1n) is 22.0. The topological polar surface area (TPSA) is 207 Å². The summed E-state index contributed by atoms with van der Waals surface area (Å²) in [7, 11) is 2.77. The van der Waals surface area contributed by atoms with Crippen molar-refractivity contribution in [2.45, 2.75) is 44.6 Å². The largest absolute Gasteiger partial charge is 0.496 e. The number of rotatable bonds is 18. The number of ketones is 1. The lowest BCUT2D eigenvalue weighted by Gasteiger charge is -2.26. The standard InChI is InChI=1S/C47H55ClN10O7/c1-64-40-28-37(48)41(65-2)27-36(40)43(59)42(47(63)53-34-13-14-38-39(26-34)52-29-51-38)56-55-33-11-9-30(10-12-33)46(62)54-35-24-31(44(60)49-15-21-57-17-5-3-6-18-57)23-32(25-35)45(61)50-16-22-58-19-7-4-8-20-58/h9-14,23-28,42,51-52H,3-8,15-22,29H2,1-2H3,(H,49,60)(H,50,61)(H,53,63)(H,54,62)/b56-55+. The second-order valence-electron chi connectivity index (χ2n) is 16.1. The smallest absolute Gasteiger partial charge is 0.259 e. The molecule has 0 spiro atoms. The molecule has 65 heavy (non-hydrogen) atoms. The number of benzene rings is 4. The third-order valence-corrected chi connectivity index (χ3v) is 11.8. The number of hydrogen-bond donors (Lipinski definition) is 6. The lowest BCUT2D eigenvalue weighted by atomic mass is 10.0. The molecular formula is C47H55ClN10O7. The van der Waals surface area contributed by atoms with E-state index in [2.05, 4.69) is 51.9 Å². The van der Waals surface area contributed by atoms with E-state index in [9.17, 15) is 24.0 Å². The fourth-order valence-electron chi connectivity index (χ4n) is 7.99. The lowest BCUT2D eigenvalue weighted by Crippen LogP contribution is -2.38. The van der Waals surface area contributed by atoms with E-state index in [1.807, 2.05) is 0 Å². The van der Waals surface area contributed by atoms with Crippen molar-refractivity contribution in [1.82, 2.24) is 20.4 Å². The van der Waals surface area contributed by atoms with Gasteiger partial charge in [0.1, 0.15) is 11.5 Å². The molecule has 342 valence electrons. The Balaban J connectivity index is 1.07. The summed E-state index contributed by atoms with van der Waals surface area (Å²) in [6.07, 6.45) is 7.00. The van der Waals surface area contributed by atoms with Crippen LogP contribution in [0, 0.1) is 0 Å². The van der Waals surface area contributed by atoms with Gasteiger partial charge in [-0.1, -0.05) is 24.4 Å². The highest BCUT2D eigenvalue weighted by Gasteiger charge is 2.32. The molecular weight excluding hydrogens is 852 g/mol. The molecule has 2 fully saturated rings. The molecule has 18 heteroatoms. The Morgan fingerprint density at radius 3 is 1.85 bits per heavy atom. The van der Waals surface area contributed by atoms with Crippen molar-refractivity contribution in [3.05, 3.63) is 100 Å². The van der Waals surface area contributed by atoms with Gasteiger partial charge in [0.25, 0.3) is 23.6 Å². The number of nitrogens with zero attached hydrogens (tertiary/aromatic N) is 4. The number of nitrogens with one attached hydrogen (secondary N) is 6. The average Bonchev–Trinajstić information content (AvgIpc) is 3.80. The number of anilines is 4. The van der Waals surface area contributed by atoms with Gasteiger partial charge in [0.05, 0.1) is 48.5 Å². The minimum absolute atomic E-state index is 0.00298. The van der Waals surface area contributed by atoms with Gasteiger partial charge in [-0.05, 0) is 119 Å². The first-order valence-corrected chi connectivity index (χ1v) is 22.3. The Morgan fingerprint density at radius 2 is 1.25 bits per heavy atom. The van der Waals surface area contributed by atoms with Crippen LogP contribution in [0.4, 0.5) is 28.4 Å². The van der Waals surface area contributed by atoms with Gasteiger partial charge in [0.15, 0.2) is 0 Å². The molecule has 0 radical (unpaired) electrons. The van der Waals surface area contributed by atoms with Crippen LogP contribution in [-0.4, -0.2) is 118 Å². The van der Waals surface area contributed by atoms with E-state index in [0.29, 0.717) is 25.4 Å². The number of methoxy groups -OCH3 is 2. The minimum Gasteiger partial charge on any atom is -0.496 e. The molecule has 4 aromatic rings. The summed E-state index contributed by atoms with van der Waals surface area (Å²) >= 11 is 6.31. The summed E-state index contributed by atoms with van der Waals surface area (Å²) in [5.41, 5.74) is 3.29. The van der Waals surface area contributed by atoms with Crippen molar-refractivity contribution in [2.75, 3.05) is 94.5 Å². The van der Waals surface area contributed by atoms with Crippen LogP contribution in [0.25, 0.3) is 0 Å². The molecule has 3 aliphatic rings. The van der Waals surface area contributed by atoms with E-state index in [1.54, 1.807) is 36.4 Å². The third-order valence-electron chi connectivity index (χ3n) is 11.5. The number of hydrogen-bond acceptors (Lipinski definition) is 13. The van der Waals surface area contributed by atoms with Crippen molar-refractivity contribution in [3.63, 3.8) is 0 Å². The Morgan fingerprint density at radius 1 is 0.646 bits per heavy atom. The van der Waals surface area contributed by atoms with Gasteiger partial charge >= 0.3 is 0 Å². The quantitative estimate of drug-likeness (QED) is 0.0347. The zero-order valence-corrected chi connectivity index (χ0v) is 37.4. The zero-order chi connectivity index (χ0) is 45.7. The van der Waals surface area contributed by atoms with Gasteiger partial charge in [-0.15, -0.1) is 0 Å². The number of amides is 4. The van der Waals surface area contributed by atoms with Crippen molar-refractivity contribution in [3.8, 4) is 11.5 Å². The molecule has 0 bridgehead atoms. The third kappa shape index (κ3) is 12.4. The number of azo groups is 1. The number of Topliss-reactive ketones (excluding diaryl/α,β-unsaturated/α-hetero) is 1. The van der Waals surface area contributed by atoms with Crippen molar-refractivity contribution in [1.29, 1.82) is 0 Å². The lowest BCUT2D eigenvalue weighted by molar-refractivity contribution is -0.116. The Bertz CT molecular complexity index is 2350. The zero-order valence-electron chi connectivity index (χ0n) is 36.6. The SMILES string of the molecule is COc1cc(C(=O)C(/N=N/c2ccc(C(=O)Nc3cc(C(=O)NCCN4CCCCC4)cc(C(=O)NCCN4CCCCC4)c3)cc2)C(=O)Nc2ccc3c(c2)NCN3)c(OC)cc1Cl. The van der Waals surface area contributed by atoms with Gasteiger partial charge < -0.3 is 51.2 Å². The second-order valence-corrected chi connectivity index (χ2v) is 16.5. The fourth-order valence-corrected chi connectivity index (χ4v) is 8.22. The van der Waals surface area contributed by atoms with E-state index in [0.717, 1.165) is 76.3 Å². The number of halogens is 1. The number of ether oxygens (including phenoxy) is 2. The van der Waals surface area contributed by atoms with Crippen LogP contribution in [0.3, 0.4) is 0 Å². The summed E-state index contributed by atoms with van der Waals surface area (Å²) in [5.74, 6) is -2.40. The fraction of sp³-hybridized carbons (Fsp3) is 0.383. The molecule has 0 saturated carbocycles. The maximum absolute atomic E-state index is 14.1. The summed E-state index contributed by atoms with van der Waals surface area (Å²) in [6, 6.07) is 17.0. The molecule has 1 unspecified atom stereocenters. The Labute approximate surface area is 383 Å². The van der Waals surface area contributed by atoms with Gasteiger partial charge in [-0.2, -0.15) is 10.2 Å². The molecule has 0 aliphatic carbocycles. The van der Waals surface area contributed by atoms with Gasteiger partial charge in [0, 0.05) is 60.3 Å². The number of fused-ring (bicyclic) bond motifs is 1. The van der Waals surface area contributed by atoms with E-state index < -0.39 is 23.6 Å². The molecule has 1 atom stereocenters. The van der Waals surface area contributed by atoms with Crippen LogP contribution >= 0.6 is 11.6 Å². The molecule has 17 nitrogen and oxygen atoms in total. The van der Waals surface area contributed by atoms with E-state index in [-0.39, 0.29) is 62.0 Å². The van der Waals surface area contributed by atoms with Gasteiger partial charge in [0.2, 0.25) is 11.8 Å². The molecule has 4 amide bonds. The highest BCUT2D eigenvalue weighted by Crippen LogP contribution is 2.34. The normalized spacial score (nSPS) is 15.5. The van der Waals surface area contributed by atoms with E-state index in [4.69, 9.17) is 21.1 Å². The number of carbonyl (C=O) groups excluding carboxylic acids is 5. The maximum Gasteiger partial charge on any atom is 0.259 e. The predicted octanol–water partition coefficient (Wildman–Crippen LogP) is 6.81. The number of carbonyl (C=O) groups is 5. The van der Waals surface area contributed by atoms with Crippen molar-refractivity contribution in [2.24, 2.45) is 10.2 Å². The van der Waals surface area contributed by atoms with Crippen LogP contribution in [0.5, 0.6) is 11.5 Å². The van der Waals surface area contributed by atoms with Crippen molar-refractivity contribution < 1.29 is 33.4 Å². The second kappa shape index (κ2) is 22.4. The van der Waals surface area contributed by atoms with E-state index >= 15 is 0 Å². The molecule has 2 saturated heterocycles. The summed E-state index contributed by atoms with van der Waals surface area (Å²) in [4.78, 5) is 73.1. The predicted molar refractivity (Wildman–Crippen MR) is 250 cm³/mol. The molecule has 0 aromatic heterocycles. The van der Waals surface area contributed by atoms with Gasteiger partial charge in [-0.25, -0.2) is 0 Å². The molecule has 7 rings (SSSR count). The maximum atomic E-state index is 14.1. The van der Waals surface area contributed by atoms with Gasteiger partial charge in [-0.3, -0.25) is 24.0 Å². The average molecular weight is 907 g/mol. The van der Waals surface area contributed by atoms with Crippen LogP contribution < -0.4 is 41.4 Å². The highest BCUT2D eigenvalue weighted by molar-refractivity contribution is 6.32. The summed E-state index contributed by atoms with van der Waals surface area (Å²) in [6.45, 7) is 6.89. The molecule has 4 aromatic carbocycles. The number of piperidine rings is 2. The van der Waals surface area contributed by atoms with Crippen LogP contribution in [0.2, 0.25) is 5.02 Å². The molecule has 3 heterocycles. The summed E-state index contributed by atoms with van der Waals surface area (Å²) < 4.78 is 10.8. The summed E-state index contributed by atoms with van der Waals surface area (Å²) in [5, 5.41) is 26.5. The first-order chi connectivity index (χ1) is 31.6. The van der Waals surface area contributed by atoms with E-state index in [1.165, 1.54) is 63.5 Å². The first kappa shape index (κ1) is 46.4. The Kier molecular flexibility index (Phi) is 16.0. The van der Waals surface area contributed by atoms with Crippen LogP contribution in [0.1, 0.15) is 80.0 Å². The van der Waals surface area contributed by atoms with Crippen molar-refractivity contribution >= 4 is 69.4 Å². The van der Waals surface area contributed by atoms with Crippen LogP contribution in [0.15, 0.2) is 83.0 Å².